The largest absolute Gasteiger partial charge is 0.343 e. The Morgan fingerprint density at radius 3 is 0.878 bits per heavy atom. The van der Waals surface area contributed by atoms with Crippen molar-refractivity contribution in [2.45, 2.75) is 245 Å². The zero-order valence-electron chi connectivity index (χ0n) is 59.8. The number of rotatable bonds is 20. The lowest BCUT2D eigenvalue weighted by Gasteiger charge is -2.32. The SMILES string of the molecule is CC(C)C[C@@H]1NC(=O)[C@@H](CC(C)C)NC(=O)[C@H](CCCN)NC(=O)[C@H](C(C)C)NC(=O)[C@@H]2CCCN2C(=O)[C@@H](Cc2ccccc2)NC(=O)[C@H](CC(C)C)NC(=O)[C@@H](CC(C)C)NC(=O)[C@H](CCCN)NC(=O)[C@H](C(C)C)NC(=O)[C@@H]2CCCN2C(=O)[C@@H](Cc2ccccc2)NC1=O. The monoisotopic (exact) mass is 1370 g/mol. The molecular weight excluding hydrogens is 1250 g/mol. The van der Waals surface area contributed by atoms with Crippen LogP contribution in [-0.4, -0.2) is 179 Å². The summed E-state index contributed by atoms with van der Waals surface area (Å²) in [4.78, 5) is 180. The third-order valence-corrected chi connectivity index (χ3v) is 18.0. The molecule has 3 saturated heterocycles. The van der Waals surface area contributed by atoms with Gasteiger partial charge in [0.1, 0.15) is 72.5 Å². The number of nitrogens with one attached hydrogen (secondary N) is 10. The van der Waals surface area contributed by atoms with Crippen molar-refractivity contribution < 1.29 is 57.5 Å². The summed E-state index contributed by atoms with van der Waals surface area (Å²) in [6.45, 7) is 22.2. The molecule has 12 amide bonds. The highest BCUT2D eigenvalue weighted by Crippen LogP contribution is 2.24. The van der Waals surface area contributed by atoms with Gasteiger partial charge in [0.15, 0.2) is 0 Å². The normalized spacial score (nSPS) is 26.4. The first-order chi connectivity index (χ1) is 46.4. The molecule has 98 heavy (non-hydrogen) atoms. The molecule has 3 fully saturated rings. The number of fused-ring (bicyclic) bond motifs is 2. The van der Waals surface area contributed by atoms with E-state index in [1.807, 2.05) is 55.4 Å². The molecule has 544 valence electrons. The smallest absolute Gasteiger partial charge is 0.246 e. The second-order valence-corrected chi connectivity index (χ2v) is 29.1. The van der Waals surface area contributed by atoms with Crippen LogP contribution in [-0.2, 0) is 70.4 Å². The minimum absolute atomic E-state index is 0.00693. The van der Waals surface area contributed by atoms with E-state index in [4.69, 9.17) is 11.5 Å². The van der Waals surface area contributed by atoms with E-state index in [0.29, 0.717) is 24.0 Å². The molecule has 12 atom stereocenters. The van der Waals surface area contributed by atoms with Crippen molar-refractivity contribution in [3.05, 3.63) is 71.8 Å². The van der Waals surface area contributed by atoms with Crippen LogP contribution in [0.1, 0.15) is 171 Å². The molecule has 0 spiro atoms. The van der Waals surface area contributed by atoms with Gasteiger partial charge >= 0.3 is 0 Å². The number of carbonyl (C=O) groups excluding carboxylic acids is 12. The van der Waals surface area contributed by atoms with Crippen LogP contribution in [0.2, 0.25) is 0 Å². The summed E-state index contributed by atoms with van der Waals surface area (Å²) in [7, 11) is 0. The molecule has 0 aliphatic carbocycles. The van der Waals surface area contributed by atoms with Crippen molar-refractivity contribution in [3.63, 3.8) is 0 Å². The van der Waals surface area contributed by atoms with Gasteiger partial charge in [0.2, 0.25) is 70.9 Å². The van der Waals surface area contributed by atoms with E-state index < -0.39 is 155 Å². The molecule has 2 aromatic rings. The average Bonchev–Trinajstić information content (AvgIpc) is 1.59. The van der Waals surface area contributed by atoms with Crippen LogP contribution in [0.25, 0.3) is 0 Å². The lowest BCUT2D eigenvalue weighted by Crippen LogP contribution is -2.62. The molecule has 3 aliphatic rings. The Hall–Kier alpha value is -8.00. The van der Waals surface area contributed by atoms with Crippen LogP contribution in [0.5, 0.6) is 0 Å². The van der Waals surface area contributed by atoms with E-state index in [-0.39, 0.29) is 127 Å². The standard InChI is InChI=1S/C72H114N14O12/c1-41(2)35-51-63(89)79-53(37-43(5)6)65(91)81-55(39-47-23-15-13-16-24-47)71(97)85-33-21-30-58(85)68(94)84-60(46(11)12)70(96)76-50(28-20-32-74)62(88)78-52(36-42(3)4)64(90)80-54(38-44(7)8)66(92)82-56(40-48-25-17-14-18-26-48)72(98)86-34-22-29-57(86)67(93)83-59(45(9)10)69(95)75-49(27-19-31-73)61(87)77-51/h13-18,23-26,41-46,49-60H,19-22,27-40,73-74H2,1-12H3,(H,75,95)(H,76,96)(H,77,87)(H,78,88)(H,79,89)(H,80,90)(H,81,91)(H,82,92)(H,83,93)(H,84,94)/t49-,50-,51+,52+,53-,54-,55+,56+,57-,58-,59-,60-/m0/s1. The maximum absolute atomic E-state index is 15.1. The predicted octanol–water partition coefficient (Wildman–Crippen LogP) is 2.29. The number of nitrogens with two attached hydrogens (primary N) is 2. The lowest BCUT2D eigenvalue weighted by molar-refractivity contribution is -0.143. The summed E-state index contributed by atoms with van der Waals surface area (Å²) in [5.74, 6) is -9.99. The van der Waals surface area contributed by atoms with Gasteiger partial charge in [-0.1, -0.05) is 144 Å². The van der Waals surface area contributed by atoms with E-state index in [1.54, 1.807) is 88.4 Å². The number of hydrogen-bond donors (Lipinski definition) is 12. The first-order valence-corrected chi connectivity index (χ1v) is 35.6. The van der Waals surface area contributed by atoms with E-state index in [0.717, 1.165) is 0 Å². The number of carbonyl (C=O) groups is 12. The van der Waals surface area contributed by atoms with Crippen molar-refractivity contribution in [3.8, 4) is 0 Å². The molecule has 0 aromatic heterocycles. The summed E-state index contributed by atoms with van der Waals surface area (Å²) >= 11 is 0. The number of hydrogen-bond acceptors (Lipinski definition) is 14. The number of nitrogens with zero attached hydrogens (tertiary/aromatic N) is 2. The third-order valence-electron chi connectivity index (χ3n) is 18.0. The first-order valence-electron chi connectivity index (χ1n) is 35.6. The van der Waals surface area contributed by atoms with Crippen molar-refractivity contribution in [2.24, 2.45) is 47.0 Å². The van der Waals surface area contributed by atoms with Crippen LogP contribution < -0.4 is 64.6 Å². The van der Waals surface area contributed by atoms with Gasteiger partial charge in [-0.3, -0.25) is 57.5 Å². The van der Waals surface area contributed by atoms with Gasteiger partial charge in [0.05, 0.1) is 0 Å². The second-order valence-electron chi connectivity index (χ2n) is 29.1. The first kappa shape index (κ1) is 80.7. The summed E-state index contributed by atoms with van der Waals surface area (Å²) in [6, 6.07) is 3.26. The Bertz CT molecular complexity index is 2810. The van der Waals surface area contributed by atoms with Gasteiger partial charge < -0.3 is 74.4 Å². The second kappa shape index (κ2) is 39.6. The molecule has 0 unspecified atom stereocenters. The topological polar surface area (TPSA) is 384 Å². The molecule has 2 aromatic carbocycles. The van der Waals surface area contributed by atoms with Gasteiger partial charge in [-0.25, -0.2) is 0 Å². The summed E-state index contributed by atoms with van der Waals surface area (Å²) in [5, 5.41) is 28.6. The van der Waals surface area contributed by atoms with Gasteiger partial charge in [0, 0.05) is 25.9 Å². The summed E-state index contributed by atoms with van der Waals surface area (Å²) in [6.07, 6.45) is 2.25. The van der Waals surface area contributed by atoms with Crippen LogP contribution >= 0.6 is 0 Å². The zero-order valence-corrected chi connectivity index (χ0v) is 59.8. The fourth-order valence-corrected chi connectivity index (χ4v) is 12.8. The highest BCUT2D eigenvalue weighted by molar-refractivity contribution is 6.00. The fraction of sp³-hybridized carbons (Fsp3) is 0.667. The third kappa shape index (κ3) is 24.8. The molecule has 5 rings (SSSR count). The molecule has 26 nitrogen and oxygen atoms in total. The van der Waals surface area contributed by atoms with Crippen molar-refractivity contribution in [1.29, 1.82) is 0 Å². The van der Waals surface area contributed by atoms with Gasteiger partial charge in [-0.05, 0) is 137 Å². The maximum atomic E-state index is 15.1. The highest BCUT2D eigenvalue weighted by Gasteiger charge is 2.44. The average molecular weight is 1370 g/mol. The molecule has 26 heteroatoms. The van der Waals surface area contributed by atoms with Gasteiger partial charge in [-0.15, -0.1) is 0 Å². The van der Waals surface area contributed by atoms with E-state index in [1.165, 1.54) is 9.80 Å². The summed E-state index contributed by atoms with van der Waals surface area (Å²) in [5.41, 5.74) is 13.3. The van der Waals surface area contributed by atoms with Crippen LogP contribution in [0.4, 0.5) is 0 Å². The molecular formula is C72H114N14O12. The molecule has 3 aliphatic heterocycles. The quantitative estimate of drug-likeness (QED) is 0.0906. The van der Waals surface area contributed by atoms with Crippen LogP contribution in [0.3, 0.4) is 0 Å². The Morgan fingerprint density at radius 1 is 0.347 bits per heavy atom. The van der Waals surface area contributed by atoms with E-state index >= 15 is 9.59 Å². The molecule has 0 radical (unpaired) electrons. The highest BCUT2D eigenvalue weighted by atomic mass is 16.2. The van der Waals surface area contributed by atoms with Crippen molar-refractivity contribution in [1.82, 2.24) is 63.0 Å². The Kier molecular flexibility index (Phi) is 32.6. The van der Waals surface area contributed by atoms with Crippen LogP contribution in [0, 0.1) is 35.5 Å². The minimum Gasteiger partial charge on any atom is -0.343 e. The number of amides is 12. The Morgan fingerprint density at radius 2 is 0.612 bits per heavy atom. The molecule has 3 heterocycles. The van der Waals surface area contributed by atoms with E-state index in [2.05, 4.69) is 53.2 Å². The minimum atomic E-state index is -1.26. The van der Waals surface area contributed by atoms with Crippen molar-refractivity contribution in [2.75, 3.05) is 26.2 Å². The van der Waals surface area contributed by atoms with Crippen molar-refractivity contribution >= 4 is 70.9 Å². The number of benzene rings is 2. The summed E-state index contributed by atoms with van der Waals surface area (Å²) < 4.78 is 0. The van der Waals surface area contributed by atoms with Gasteiger partial charge in [-0.2, -0.15) is 0 Å². The van der Waals surface area contributed by atoms with Gasteiger partial charge in [0.25, 0.3) is 0 Å². The Labute approximate surface area is 579 Å². The molecule has 14 N–H and O–H groups in total. The maximum Gasteiger partial charge on any atom is 0.246 e. The van der Waals surface area contributed by atoms with Crippen LogP contribution in [0.15, 0.2) is 60.7 Å². The molecule has 0 bridgehead atoms. The predicted molar refractivity (Wildman–Crippen MR) is 373 cm³/mol. The fourth-order valence-electron chi connectivity index (χ4n) is 12.8. The zero-order chi connectivity index (χ0) is 72.5. The van der Waals surface area contributed by atoms with E-state index in [9.17, 15) is 47.9 Å². The lowest BCUT2D eigenvalue weighted by atomic mass is 9.98. The molecule has 0 saturated carbocycles. The Balaban J connectivity index is 1.61.